The van der Waals surface area contributed by atoms with Gasteiger partial charge < -0.3 is 4.74 Å². The predicted octanol–water partition coefficient (Wildman–Crippen LogP) is 9.16. The fourth-order valence-corrected chi connectivity index (χ4v) is 5.40. The van der Waals surface area contributed by atoms with E-state index in [0.717, 1.165) is 16.7 Å². The molecule has 1 aliphatic heterocycles. The normalized spacial score (nSPS) is 19.6. The number of halogens is 3. The number of hydrogen-bond acceptors (Lipinski definition) is 3. The second-order valence-corrected chi connectivity index (χ2v) is 11.4. The summed E-state index contributed by atoms with van der Waals surface area (Å²) in [6, 6.07) is 20.7. The lowest BCUT2D eigenvalue weighted by Gasteiger charge is -2.36. The smallest absolute Gasteiger partial charge is 0.322 e. The van der Waals surface area contributed by atoms with Gasteiger partial charge in [0, 0.05) is 10.0 Å². The van der Waals surface area contributed by atoms with E-state index >= 15 is 0 Å². The maximum Gasteiger partial charge on any atom is 0.322 e. The highest BCUT2D eigenvalue weighted by Crippen LogP contribution is 2.52. The first-order valence-electron chi connectivity index (χ1n) is 12.4. The topological polar surface area (TPSA) is 41.9 Å². The van der Waals surface area contributed by atoms with Crippen LogP contribution in [0.3, 0.4) is 0 Å². The van der Waals surface area contributed by atoms with Gasteiger partial charge in [0.25, 0.3) is 0 Å². The molecule has 7 heteroatoms. The zero-order chi connectivity index (χ0) is 27.0. The van der Waals surface area contributed by atoms with Gasteiger partial charge in [-0.2, -0.15) is 0 Å². The van der Waals surface area contributed by atoms with E-state index in [-0.39, 0.29) is 5.41 Å². The third-order valence-electron chi connectivity index (χ3n) is 6.89. The van der Waals surface area contributed by atoms with Crippen LogP contribution in [0.5, 0.6) is 5.75 Å². The van der Waals surface area contributed by atoms with Gasteiger partial charge in [-0.3, -0.25) is 14.7 Å². The first kappa shape index (κ1) is 27.5. The monoisotopic (exact) mass is 556 g/mol. The molecule has 1 amide bonds. The number of amides is 1. The predicted molar refractivity (Wildman–Crippen MR) is 154 cm³/mol. The summed E-state index contributed by atoms with van der Waals surface area (Å²) in [6.07, 6.45) is 0.607. The van der Waals surface area contributed by atoms with Crippen molar-refractivity contribution in [1.29, 1.82) is 0 Å². The Kier molecular flexibility index (Phi) is 7.94. The molecule has 194 valence electrons. The Morgan fingerprint density at radius 2 is 1.57 bits per heavy atom. The van der Waals surface area contributed by atoms with Crippen LogP contribution in [-0.4, -0.2) is 22.7 Å². The quantitative estimate of drug-likeness (QED) is 0.224. The summed E-state index contributed by atoms with van der Waals surface area (Å²) in [7, 11) is 0. The van der Waals surface area contributed by atoms with Crippen LogP contribution < -0.4 is 4.74 Å². The first-order valence-corrected chi connectivity index (χ1v) is 13.5. The number of ether oxygens (including phenoxy) is 1. The van der Waals surface area contributed by atoms with Crippen LogP contribution in [-0.2, 0) is 11.0 Å². The Morgan fingerprint density at radius 3 is 2.08 bits per heavy atom. The number of aliphatic imine (C=N–C) groups is 1. The molecule has 0 N–H and O–H groups in total. The van der Waals surface area contributed by atoms with Crippen molar-refractivity contribution in [3.63, 3.8) is 0 Å². The molecule has 0 aromatic heterocycles. The Labute approximate surface area is 234 Å². The molecule has 1 heterocycles. The van der Waals surface area contributed by atoms with E-state index in [1.54, 1.807) is 4.90 Å². The van der Waals surface area contributed by atoms with Gasteiger partial charge in [-0.1, -0.05) is 81.2 Å². The number of hydrogen-bond donors (Lipinski definition) is 0. The van der Waals surface area contributed by atoms with Crippen molar-refractivity contribution in [2.45, 2.75) is 58.0 Å². The first-order chi connectivity index (χ1) is 17.5. The molecule has 0 saturated carbocycles. The molecule has 3 aromatic carbocycles. The van der Waals surface area contributed by atoms with Gasteiger partial charge in [0.15, 0.2) is 0 Å². The van der Waals surface area contributed by atoms with Crippen molar-refractivity contribution in [2.75, 3.05) is 6.61 Å². The molecule has 0 unspecified atom stereocenters. The lowest BCUT2D eigenvalue weighted by molar-refractivity contribution is 0.211. The maximum atomic E-state index is 13.2. The molecule has 0 bridgehead atoms. The molecule has 4 nitrogen and oxygen atoms in total. The Bertz CT molecular complexity index is 1310. The standard InChI is InChI=1S/C30H31Cl3N2O2/c1-6-30(20-10-15-23(32)16-11-20)26(19-8-13-22(31)14-9-19)35(28(33)36)27(34-30)24-17-12-21(29(3,4)5)18-25(24)37-7-2/h8-18,26H,6-7H2,1-5H3/t26-,30+/m1/s1. The summed E-state index contributed by atoms with van der Waals surface area (Å²) >= 11 is 18.8. The SMILES string of the molecule is CCOc1cc(C(C)(C)C)ccc1C1=N[C@@](CC)(c2ccc(Cl)cc2)[C@@H](c2ccc(Cl)cc2)N1C(=O)Cl. The molecular formula is C30H31Cl3N2O2. The highest BCUT2D eigenvalue weighted by Gasteiger charge is 2.52. The fourth-order valence-electron chi connectivity index (χ4n) is 4.97. The molecular weight excluding hydrogens is 527 g/mol. The number of nitrogens with zero attached hydrogens (tertiary/aromatic N) is 2. The van der Waals surface area contributed by atoms with Crippen LogP contribution in [0.4, 0.5) is 4.79 Å². The number of amidine groups is 1. The zero-order valence-corrected chi connectivity index (χ0v) is 24.0. The van der Waals surface area contributed by atoms with Crippen molar-refractivity contribution < 1.29 is 9.53 Å². The van der Waals surface area contributed by atoms with Gasteiger partial charge in [-0.05, 0) is 83.4 Å². The summed E-state index contributed by atoms with van der Waals surface area (Å²) in [4.78, 5) is 20.1. The van der Waals surface area contributed by atoms with E-state index in [9.17, 15) is 4.79 Å². The molecule has 0 radical (unpaired) electrons. The van der Waals surface area contributed by atoms with Crippen LogP contribution in [0, 0.1) is 0 Å². The summed E-state index contributed by atoms with van der Waals surface area (Å²) < 4.78 is 6.10. The van der Waals surface area contributed by atoms with E-state index < -0.39 is 16.9 Å². The number of carbonyl (C=O) groups is 1. The second kappa shape index (κ2) is 10.7. The number of rotatable bonds is 6. The van der Waals surface area contributed by atoms with Gasteiger partial charge in [-0.15, -0.1) is 0 Å². The molecule has 0 aliphatic carbocycles. The molecule has 0 spiro atoms. The molecule has 3 aromatic rings. The van der Waals surface area contributed by atoms with Gasteiger partial charge >= 0.3 is 5.37 Å². The Morgan fingerprint density at radius 1 is 0.973 bits per heavy atom. The Hall–Kier alpha value is -2.53. The molecule has 0 saturated heterocycles. The third kappa shape index (κ3) is 5.25. The lowest BCUT2D eigenvalue weighted by atomic mass is 9.78. The zero-order valence-electron chi connectivity index (χ0n) is 21.7. The van der Waals surface area contributed by atoms with E-state index in [4.69, 9.17) is 44.5 Å². The van der Waals surface area contributed by atoms with Crippen LogP contribution in [0.2, 0.25) is 10.0 Å². The summed E-state index contributed by atoms with van der Waals surface area (Å²) in [5.74, 6) is 1.13. The molecule has 0 fully saturated rings. The van der Waals surface area contributed by atoms with E-state index in [1.807, 2.05) is 67.6 Å². The minimum atomic E-state index is -0.815. The Balaban J connectivity index is 2.01. The molecule has 4 rings (SSSR count). The van der Waals surface area contributed by atoms with Crippen molar-refractivity contribution in [2.24, 2.45) is 4.99 Å². The van der Waals surface area contributed by atoms with Crippen LogP contribution >= 0.6 is 34.8 Å². The van der Waals surface area contributed by atoms with Gasteiger partial charge in [0.2, 0.25) is 0 Å². The van der Waals surface area contributed by atoms with Gasteiger partial charge in [0.05, 0.1) is 18.2 Å². The lowest BCUT2D eigenvalue weighted by Crippen LogP contribution is -2.40. The van der Waals surface area contributed by atoms with E-state index in [2.05, 4.69) is 33.8 Å². The third-order valence-corrected chi connectivity index (χ3v) is 7.58. The van der Waals surface area contributed by atoms with Crippen molar-refractivity contribution in [3.05, 3.63) is 99.0 Å². The van der Waals surface area contributed by atoms with Crippen molar-refractivity contribution in [3.8, 4) is 5.75 Å². The van der Waals surface area contributed by atoms with Crippen LogP contribution in [0.1, 0.15) is 69.3 Å². The van der Waals surface area contributed by atoms with Gasteiger partial charge in [-0.25, -0.2) is 0 Å². The summed E-state index contributed by atoms with van der Waals surface area (Å²) in [6.45, 7) is 10.9. The number of benzene rings is 3. The average Bonchev–Trinajstić information content (AvgIpc) is 3.21. The average molecular weight is 558 g/mol. The highest BCUT2D eigenvalue weighted by molar-refractivity contribution is 6.64. The molecule has 2 atom stereocenters. The number of carbonyl (C=O) groups excluding carboxylic acids is 1. The fraction of sp³-hybridized carbons (Fsp3) is 0.333. The summed E-state index contributed by atoms with van der Waals surface area (Å²) in [5.41, 5.74) is 2.75. The van der Waals surface area contributed by atoms with E-state index in [1.165, 1.54) is 0 Å². The second-order valence-electron chi connectivity index (χ2n) is 10.2. The van der Waals surface area contributed by atoms with Crippen molar-refractivity contribution in [1.82, 2.24) is 4.90 Å². The van der Waals surface area contributed by atoms with Crippen molar-refractivity contribution >= 4 is 46.0 Å². The molecule has 37 heavy (non-hydrogen) atoms. The summed E-state index contributed by atoms with van der Waals surface area (Å²) in [5, 5.41) is 0.615. The largest absolute Gasteiger partial charge is 0.493 e. The van der Waals surface area contributed by atoms with Gasteiger partial charge in [0.1, 0.15) is 17.1 Å². The van der Waals surface area contributed by atoms with E-state index in [0.29, 0.717) is 40.2 Å². The highest BCUT2D eigenvalue weighted by atomic mass is 35.5. The minimum absolute atomic E-state index is 0.0772. The van der Waals surface area contributed by atoms with Crippen LogP contribution in [0.15, 0.2) is 71.7 Å². The minimum Gasteiger partial charge on any atom is -0.493 e. The molecule has 1 aliphatic rings. The maximum absolute atomic E-state index is 13.2. The van der Waals surface area contributed by atoms with Crippen LogP contribution in [0.25, 0.3) is 0 Å².